The van der Waals surface area contributed by atoms with E-state index in [1.54, 1.807) is 13.8 Å². The van der Waals surface area contributed by atoms with Gasteiger partial charge in [-0.1, -0.05) is 48.5 Å². The molecule has 29 heavy (non-hydrogen) atoms. The highest BCUT2D eigenvalue weighted by Crippen LogP contribution is 2.44. The molecule has 0 fully saturated rings. The summed E-state index contributed by atoms with van der Waals surface area (Å²) in [7, 11) is 0. The number of rotatable bonds is 4. The number of nitrogens with one attached hydrogen (secondary N) is 1. The number of anilines is 1. The van der Waals surface area contributed by atoms with Crippen molar-refractivity contribution in [3.8, 4) is 11.1 Å². The highest BCUT2D eigenvalue weighted by Gasteiger charge is 2.29. The van der Waals surface area contributed by atoms with E-state index in [0.717, 1.165) is 22.3 Å². The molecule has 0 atom stereocenters. The number of hydrogen-bond acceptors (Lipinski definition) is 4. The molecule has 1 heterocycles. The van der Waals surface area contributed by atoms with E-state index in [4.69, 9.17) is 4.74 Å². The molecule has 2 aromatic carbocycles. The summed E-state index contributed by atoms with van der Waals surface area (Å²) in [4.78, 5) is 27.8. The Labute approximate surface area is 168 Å². The Hall–Kier alpha value is -3.67. The van der Waals surface area contributed by atoms with Crippen LogP contribution in [-0.4, -0.2) is 28.8 Å². The van der Waals surface area contributed by atoms with Gasteiger partial charge in [0.1, 0.15) is 12.4 Å². The lowest BCUT2D eigenvalue weighted by atomic mass is 9.98. The van der Waals surface area contributed by atoms with Crippen molar-refractivity contribution in [2.75, 3.05) is 11.9 Å². The third-order valence-electron chi connectivity index (χ3n) is 5.20. The van der Waals surface area contributed by atoms with Gasteiger partial charge < -0.3 is 9.84 Å². The number of nitrogens with zero attached hydrogens (tertiary/aromatic N) is 1. The van der Waals surface area contributed by atoms with E-state index in [9.17, 15) is 14.7 Å². The summed E-state index contributed by atoms with van der Waals surface area (Å²) < 4.78 is 5.51. The molecule has 0 saturated carbocycles. The summed E-state index contributed by atoms with van der Waals surface area (Å²) in [5.74, 6) is -0.783. The average molecular weight is 388 g/mol. The number of benzene rings is 2. The summed E-state index contributed by atoms with van der Waals surface area (Å²) in [5, 5.41) is 11.8. The van der Waals surface area contributed by atoms with Gasteiger partial charge in [0.25, 0.3) is 0 Å². The van der Waals surface area contributed by atoms with Gasteiger partial charge in [0.05, 0.1) is 11.3 Å². The predicted molar refractivity (Wildman–Crippen MR) is 109 cm³/mol. The van der Waals surface area contributed by atoms with Crippen LogP contribution in [0.4, 0.5) is 10.6 Å². The highest BCUT2D eigenvalue weighted by atomic mass is 16.5. The van der Waals surface area contributed by atoms with E-state index >= 15 is 0 Å². The molecule has 4 rings (SSSR count). The zero-order chi connectivity index (χ0) is 20.5. The Morgan fingerprint density at radius 3 is 2.21 bits per heavy atom. The van der Waals surface area contributed by atoms with Crippen LogP contribution in [-0.2, 0) is 4.74 Å². The van der Waals surface area contributed by atoms with Crippen molar-refractivity contribution in [1.82, 2.24) is 4.98 Å². The van der Waals surface area contributed by atoms with Crippen LogP contribution in [0, 0.1) is 13.8 Å². The van der Waals surface area contributed by atoms with E-state index in [0.29, 0.717) is 17.1 Å². The van der Waals surface area contributed by atoms with E-state index in [1.165, 1.54) is 6.07 Å². The molecular formula is C23H20N2O4. The van der Waals surface area contributed by atoms with Gasteiger partial charge in [0.2, 0.25) is 0 Å². The monoisotopic (exact) mass is 388 g/mol. The largest absolute Gasteiger partial charge is 0.478 e. The highest BCUT2D eigenvalue weighted by molar-refractivity contribution is 5.91. The summed E-state index contributed by atoms with van der Waals surface area (Å²) in [6.45, 7) is 3.48. The van der Waals surface area contributed by atoms with Crippen molar-refractivity contribution in [2.45, 2.75) is 19.8 Å². The number of aromatic nitrogens is 1. The van der Waals surface area contributed by atoms with Crippen LogP contribution in [0.15, 0.2) is 54.6 Å². The first kappa shape index (κ1) is 18.7. The summed E-state index contributed by atoms with van der Waals surface area (Å²) in [5.41, 5.74) is 5.60. The molecule has 1 aromatic heterocycles. The molecule has 0 radical (unpaired) electrons. The van der Waals surface area contributed by atoms with Gasteiger partial charge in [0, 0.05) is 5.92 Å². The average Bonchev–Trinajstić information content (AvgIpc) is 3.02. The number of ether oxygens (including phenoxy) is 1. The number of carbonyl (C=O) groups is 2. The zero-order valence-corrected chi connectivity index (χ0v) is 16.1. The number of aromatic carboxylic acids is 1. The Morgan fingerprint density at radius 1 is 1.03 bits per heavy atom. The number of pyridine rings is 1. The van der Waals surface area contributed by atoms with Gasteiger partial charge in [-0.25, -0.2) is 14.6 Å². The van der Waals surface area contributed by atoms with Gasteiger partial charge in [-0.05, 0) is 47.7 Å². The van der Waals surface area contributed by atoms with Crippen molar-refractivity contribution in [2.24, 2.45) is 0 Å². The van der Waals surface area contributed by atoms with Gasteiger partial charge in [0.15, 0.2) is 0 Å². The smallest absolute Gasteiger partial charge is 0.412 e. The quantitative estimate of drug-likeness (QED) is 0.673. The minimum Gasteiger partial charge on any atom is -0.478 e. The fourth-order valence-electron chi connectivity index (χ4n) is 3.78. The first-order valence-electron chi connectivity index (χ1n) is 9.29. The predicted octanol–water partition coefficient (Wildman–Crippen LogP) is 4.76. The van der Waals surface area contributed by atoms with Gasteiger partial charge in [-0.3, -0.25) is 5.32 Å². The summed E-state index contributed by atoms with van der Waals surface area (Å²) in [6.07, 6.45) is -0.620. The molecule has 146 valence electrons. The number of amides is 1. The molecule has 0 aliphatic heterocycles. The molecular weight excluding hydrogens is 368 g/mol. The van der Waals surface area contributed by atoms with Crippen LogP contribution < -0.4 is 5.32 Å². The number of carbonyl (C=O) groups excluding carboxylic acids is 1. The van der Waals surface area contributed by atoms with E-state index in [-0.39, 0.29) is 18.1 Å². The maximum absolute atomic E-state index is 12.4. The fraction of sp³-hybridized carbons (Fsp3) is 0.174. The summed E-state index contributed by atoms with van der Waals surface area (Å²) in [6, 6.07) is 17.7. The van der Waals surface area contributed by atoms with Gasteiger partial charge in [-0.15, -0.1) is 0 Å². The van der Waals surface area contributed by atoms with Crippen molar-refractivity contribution >= 4 is 17.9 Å². The third-order valence-corrected chi connectivity index (χ3v) is 5.20. The molecule has 1 aliphatic rings. The van der Waals surface area contributed by atoms with Crippen LogP contribution in [0.25, 0.3) is 11.1 Å². The maximum atomic E-state index is 12.4. The second kappa shape index (κ2) is 7.39. The van der Waals surface area contributed by atoms with E-state index in [1.807, 2.05) is 24.3 Å². The minimum absolute atomic E-state index is 0.0293. The van der Waals surface area contributed by atoms with E-state index in [2.05, 4.69) is 34.6 Å². The lowest BCUT2D eigenvalue weighted by molar-refractivity contribution is 0.0695. The molecule has 3 aromatic rings. The summed E-state index contributed by atoms with van der Waals surface area (Å²) >= 11 is 0. The van der Waals surface area contributed by atoms with Crippen molar-refractivity contribution < 1.29 is 19.4 Å². The molecule has 1 amide bonds. The number of carboxylic acids is 1. The lowest BCUT2D eigenvalue weighted by Gasteiger charge is -2.15. The molecule has 0 spiro atoms. The Balaban J connectivity index is 1.50. The van der Waals surface area contributed by atoms with Crippen molar-refractivity contribution in [3.63, 3.8) is 0 Å². The second-order valence-corrected chi connectivity index (χ2v) is 7.04. The van der Waals surface area contributed by atoms with Crippen LogP contribution in [0.3, 0.4) is 0 Å². The standard InChI is InChI=1S/C23H20N2O4/c1-13-11-19(22(26)27)14(2)24-21(13)25-23(28)29-12-20-17-9-5-3-7-15(17)16-8-4-6-10-18(16)20/h3-11,20H,12H2,1-2H3,(H,26,27)(H,24,25,28). The molecule has 6 nitrogen and oxygen atoms in total. The Morgan fingerprint density at radius 2 is 1.62 bits per heavy atom. The van der Waals surface area contributed by atoms with Crippen LogP contribution in [0.2, 0.25) is 0 Å². The Bertz CT molecular complexity index is 1080. The van der Waals surface area contributed by atoms with Crippen LogP contribution in [0.1, 0.15) is 38.7 Å². The fourth-order valence-corrected chi connectivity index (χ4v) is 3.78. The van der Waals surface area contributed by atoms with Crippen LogP contribution in [0.5, 0.6) is 0 Å². The van der Waals surface area contributed by atoms with Crippen LogP contribution >= 0.6 is 0 Å². The van der Waals surface area contributed by atoms with Crippen molar-refractivity contribution in [3.05, 3.63) is 82.5 Å². The van der Waals surface area contributed by atoms with Gasteiger partial charge in [-0.2, -0.15) is 0 Å². The topological polar surface area (TPSA) is 88.5 Å². The minimum atomic E-state index is -1.05. The van der Waals surface area contributed by atoms with Crippen molar-refractivity contribution in [1.29, 1.82) is 0 Å². The van der Waals surface area contributed by atoms with E-state index < -0.39 is 12.1 Å². The first-order valence-corrected chi connectivity index (χ1v) is 9.29. The normalized spacial score (nSPS) is 12.2. The SMILES string of the molecule is Cc1cc(C(=O)O)c(C)nc1NC(=O)OCC1c2ccccc2-c2ccccc21. The maximum Gasteiger partial charge on any atom is 0.412 e. The number of carboxylic acid groups (broad SMARTS) is 1. The molecule has 0 bridgehead atoms. The number of fused-ring (bicyclic) bond motifs is 3. The first-order chi connectivity index (χ1) is 14.0. The number of hydrogen-bond donors (Lipinski definition) is 2. The number of aryl methyl sites for hydroxylation is 2. The molecule has 1 aliphatic carbocycles. The molecule has 0 unspecified atom stereocenters. The zero-order valence-electron chi connectivity index (χ0n) is 16.1. The molecule has 2 N–H and O–H groups in total. The third kappa shape index (κ3) is 3.45. The second-order valence-electron chi connectivity index (χ2n) is 7.04. The van der Waals surface area contributed by atoms with Gasteiger partial charge >= 0.3 is 12.1 Å². The lowest BCUT2D eigenvalue weighted by Crippen LogP contribution is -2.19. The molecule has 0 saturated heterocycles. The Kier molecular flexibility index (Phi) is 4.76. The molecule has 6 heteroatoms.